The van der Waals surface area contributed by atoms with E-state index in [4.69, 9.17) is 9.47 Å². The number of fused-ring (bicyclic) bond motifs is 1. The number of alkyl carbamates (subject to hydrolysis) is 1. The fourth-order valence-corrected chi connectivity index (χ4v) is 6.12. The summed E-state index contributed by atoms with van der Waals surface area (Å²) in [5.74, 6) is -4.17. The third-order valence-electron chi connectivity index (χ3n) is 8.40. The van der Waals surface area contributed by atoms with E-state index in [0.717, 1.165) is 35.3 Å². The Morgan fingerprint density at radius 3 is 1.92 bits per heavy atom. The molecule has 0 saturated carbocycles. The van der Waals surface area contributed by atoms with E-state index in [1.165, 1.54) is 33.9 Å². The highest BCUT2D eigenvalue weighted by atomic mass is 19.1. The predicted octanol–water partition coefficient (Wildman–Crippen LogP) is 5.27. The van der Waals surface area contributed by atoms with Gasteiger partial charge in [0.05, 0.1) is 7.11 Å². The Bertz CT molecular complexity index is 1790. The molecule has 2 N–H and O–H groups in total. The molecule has 2 amide bonds. The molecule has 2 heterocycles. The van der Waals surface area contributed by atoms with Gasteiger partial charge in [-0.25, -0.2) is 33.5 Å². The highest BCUT2D eigenvalue weighted by Gasteiger charge is 2.46. The van der Waals surface area contributed by atoms with Crippen molar-refractivity contribution < 1.29 is 42.9 Å². The number of ether oxygens (including phenoxy) is 2. The molecule has 2 aromatic heterocycles. The third kappa shape index (κ3) is 10.6. The van der Waals surface area contributed by atoms with Crippen molar-refractivity contribution in [3.8, 4) is 0 Å². The maximum absolute atomic E-state index is 14.6. The Labute approximate surface area is 306 Å². The van der Waals surface area contributed by atoms with Gasteiger partial charge >= 0.3 is 24.1 Å². The topological polar surface area (TPSA) is 175 Å². The zero-order chi connectivity index (χ0) is 38.9. The SMILES string of the molecule is COC(=O)[C@@H](CC(C)C)N(C(=O)[C@H](NC(=O)OC(C)(C)C)C1Cc2ccccc2C1)[C@@H](C(=O)O)c1ccc(F)cc1.O=C(n1ccnc1)n1ccnc1. The number of carboxylic acids is 1. The van der Waals surface area contributed by atoms with Crippen LogP contribution >= 0.6 is 0 Å². The molecule has 14 nitrogen and oxygen atoms in total. The van der Waals surface area contributed by atoms with Gasteiger partial charge in [0.15, 0.2) is 6.04 Å². The molecule has 5 rings (SSSR count). The number of halogens is 1. The minimum Gasteiger partial charge on any atom is -0.479 e. The summed E-state index contributed by atoms with van der Waals surface area (Å²) in [4.78, 5) is 73.5. The molecule has 0 saturated heterocycles. The molecule has 1 aliphatic rings. The van der Waals surface area contributed by atoms with Gasteiger partial charge in [-0.1, -0.05) is 50.2 Å². The summed E-state index contributed by atoms with van der Waals surface area (Å²) in [7, 11) is 1.16. The lowest BCUT2D eigenvalue weighted by Crippen LogP contribution is -2.59. The van der Waals surface area contributed by atoms with Gasteiger partial charge in [-0.05, 0) is 80.7 Å². The highest BCUT2D eigenvalue weighted by Crippen LogP contribution is 2.34. The molecular weight excluding hydrogens is 687 g/mol. The summed E-state index contributed by atoms with van der Waals surface area (Å²) in [6, 6.07) is 7.97. The number of hydrogen-bond donors (Lipinski definition) is 2. The van der Waals surface area contributed by atoms with Gasteiger partial charge in [-0.15, -0.1) is 0 Å². The summed E-state index contributed by atoms with van der Waals surface area (Å²) in [6.07, 6.45) is 9.29. The normalized spacial score (nSPS) is 14.2. The number of nitrogens with one attached hydrogen (secondary N) is 1. The van der Waals surface area contributed by atoms with Gasteiger partial charge in [0.25, 0.3) is 0 Å². The van der Waals surface area contributed by atoms with Gasteiger partial charge in [-0.2, -0.15) is 0 Å². The van der Waals surface area contributed by atoms with Crippen LogP contribution in [-0.4, -0.2) is 83.9 Å². The number of carbonyl (C=O) groups excluding carboxylic acids is 4. The summed E-state index contributed by atoms with van der Waals surface area (Å²) < 4.78 is 27.1. The average Bonchev–Trinajstić information content (AvgIpc) is 3.90. The molecule has 282 valence electrons. The molecule has 0 spiro atoms. The molecule has 53 heavy (non-hydrogen) atoms. The van der Waals surface area contributed by atoms with E-state index in [1.807, 2.05) is 38.1 Å². The van der Waals surface area contributed by atoms with Gasteiger partial charge in [0.2, 0.25) is 5.91 Å². The summed E-state index contributed by atoms with van der Waals surface area (Å²) in [6.45, 7) is 8.72. The Morgan fingerprint density at radius 2 is 1.49 bits per heavy atom. The number of benzene rings is 2. The predicted molar refractivity (Wildman–Crippen MR) is 190 cm³/mol. The van der Waals surface area contributed by atoms with Gasteiger partial charge < -0.3 is 24.8 Å². The van der Waals surface area contributed by atoms with Crippen LogP contribution in [0.1, 0.15) is 63.8 Å². The average molecular weight is 733 g/mol. The Balaban J connectivity index is 0.000000437. The lowest BCUT2D eigenvalue weighted by molar-refractivity contribution is -0.163. The first kappa shape index (κ1) is 39.9. The number of carboxylic acid groups (broad SMARTS) is 1. The first-order chi connectivity index (χ1) is 25.1. The van der Waals surface area contributed by atoms with Crippen LogP contribution in [0.5, 0.6) is 0 Å². The van der Waals surface area contributed by atoms with E-state index in [2.05, 4.69) is 15.3 Å². The fraction of sp³-hybridized carbons (Fsp3) is 0.395. The number of imidazole rings is 2. The van der Waals surface area contributed by atoms with Crippen molar-refractivity contribution >= 4 is 30.0 Å². The first-order valence-corrected chi connectivity index (χ1v) is 17.0. The second kappa shape index (κ2) is 17.6. The van der Waals surface area contributed by atoms with Crippen molar-refractivity contribution in [2.45, 2.75) is 77.6 Å². The first-order valence-electron chi connectivity index (χ1n) is 17.0. The van der Waals surface area contributed by atoms with Crippen molar-refractivity contribution in [1.82, 2.24) is 29.3 Å². The molecule has 0 unspecified atom stereocenters. The van der Waals surface area contributed by atoms with E-state index in [-0.39, 0.29) is 23.9 Å². The van der Waals surface area contributed by atoms with E-state index < -0.39 is 59.4 Å². The van der Waals surface area contributed by atoms with Crippen molar-refractivity contribution in [2.24, 2.45) is 11.8 Å². The summed E-state index contributed by atoms with van der Waals surface area (Å²) in [5.41, 5.74) is 1.25. The molecule has 4 aromatic rings. The number of nitrogens with zero attached hydrogens (tertiary/aromatic N) is 5. The Kier molecular flexibility index (Phi) is 13.2. The van der Waals surface area contributed by atoms with Crippen LogP contribution in [0, 0.1) is 17.7 Å². The van der Waals surface area contributed by atoms with Crippen molar-refractivity contribution in [3.05, 3.63) is 108 Å². The molecular formula is C38H45FN6O8. The van der Waals surface area contributed by atoms with Crippen LogP contribution < -0.4 is 5.32 Å². The summed E-state index contributed by atoms with van der Waals surface area (Å²) >= 11 is 0. The van der Waals surface area contributed by atoms with E-state index in [9.17, 15) is 33.5 Å². The van der Waals surface area contributed by atoms with E-state index in [1.54, 1.807) is 45.6 Å². The molecule has 2 aromatic carbocycles. The lowest BCUT2D eigenvalue weighted by Gasteiger charge is -2.39. The molecule has 15 heteroatoms. The van der Waals surface area contributed by atoms with Crippen molar-refractivity contribution in [3.63, 3.8) is 0 Å². The smallest absolute Gasteiger partial charge is 0.408 e. The van der Waals surface area contributed by atoms with Crippen molar-refractivity contribution in [1.29, 1.82) is 0 Å². The van der Waals surface area contributed by atoms with Crippen LogP contribution in [0.2, 0.25) is 0 Å². The fourth-order valence-electron chi connectivity index (χ4n) is 6.12. The largest absolute Gasteiger partial charge is 0.479 e. The Morgan fingerprint density at radius 1 is 0.943 bits per heavy atom. The minimum absolute atomic E-state index is 0.0907. The zero-order valence-corrected chi connectivity index (χ0v) is 30.5. The third-order valence-corrected chi connectivity index (χ3v) is 8.40. The van der Waals surface area contributed by atoms with Crippen LogP contribution in [-0.2, 0) is 36.7 Å². The quantitative estimate of drug-likeness (QED) is 0.204. The number of hydrogen-bond acceptors (Lipinski definition) is 9. The maximum Gasteiger partial charge on any atom is 0.408 e. The van der Waals surface area contributed by atoms with Gasteiger partial charge in [0, 0.05) is 24.8 Å². The number of aliphatic carboxylic acids is 1. The van der Waals surface area contributed by atoms with Gasteiger partial charge in [0.1, 0.15) is 36.2 Å². The van der Waals surface area contributed by atoms with Crippen LogP contribution in [0.25, 0.3) is 0 Å². The number of esters is 1. The van der Waals surface area contributed by atoms with E-state index >= 15 is 0 Å². The van der Waals surface area contributed by atoms with Crippen LogP contribution in [0.3, 0.4) is 0 Å². The number of aromatic nitrogens is 4. The highest BCUT2D eigenvalue weighted by molar-refractivity contribution is 5.94. The van der Waals surface area contributed by atoms with E-state index in [0.29, 0.717) is 12.8 Å². The Hall–Kier alpha value is -5.86. The molecule has 1 aliphatic carbocycles. The number of amides is 2. The number of carbonyl (C=O) groups is 5. The monoisotopic (exact) mass is 732 g/mol. The zero-order valence-electron chi connectivity index (χ0n) is 30.5. The number of methoxy groups -OCH3 is 1. The minimum atomic E-state index is -1.67. The molecule has 0 fully saturated rings. The summed E-state index contributed by atoms with van der Waals surface area (Å²) in [5, 5.41) is 13.1. The van der Waals surface area contributed by atoms with Gasteiger partial charge in [-0.3, -0.25) is 13.9 Å². The number of rotatable bonds is 10. The molecule has 0 radical (unpaired) electrons. The lowest BCUT2D eigenvalue weighted by atomic mass is 9.91. The standard InChI is InChI=1S/C31H39FN2O7.C7H6N4O/c1-18(2)15-24(29(38)40-6)34(26(28(36)37)19-11-13-23(32)14-12-19)27(35)25(33-30(39)41-31(3,4)5)22-16-20-9-7-8-10-21(20)17-22;12-7(10-3-1-8-5-10)11-4-2-9-6-11/h7-14,18,22,24-26H,15-17H2,1-6H3,(H,33,39)(H,36,37);1-6H/t24-,25-,26-;/m1./s1. The van der Waals surface area contributed by atoms with Crippen LogP contribution in [0.4, 0.5) is 14.0 Å². The molecule has 3 atom stereocenters. The second-order valence-corrected chi connectivity index (χ2v) is 14.0. The molecule has 0 aliphatic heterocycles. The molecule has 0 bridgehead atoms. The maximum atomic E-state index is 14.6. The van der Waals surface area contributed by atoms with Crippen molar-refractivity contribution in [2.75, 3.05) is 7.11 Å². The second-order valence-electron chi connectivity index (χ2n) is 14.0. The van der Waals surface area contributed by atoms with Crippen LogP contribution in [0.15, 0.2) is 86.0 Å².